The van der Waals surface area contributed by atoms with Gasteiger partial charge < -0.3 is 14.8 Å². The van der Waals surface area contributed by atoms with Gasteiger partial charge in [0.05, 0.1) is 12.7 Å². The van der Waals surface area contributed by atoms with Gasteiger partial charge in [-0.15, -0.1) is 0 Å². The van der Waals surface area contributed by atoms with Crippen LogP contribution in [0.1, 0.15) is 37.5 Å². The Kier molecular flexibility index (Phi) is 6.02. The predicted octanol–water partition coefficient (Wildman–Crippen LogP) is 2.95. The quantitative estimate of drug-likeness (QED) is 0.831. The van der Waals surface area contributed by atoms with E-state index in [-0.39, 0.29) is 6.10 Å². The minimum absolute atomic E-state index is 0.159. The highest BCUT2D eigenvalue weighted by atomic mass is 16.5. The van der Waals surface area contributed by atoms with Gasteiger partial charge >= 0.3 is 0 Å². The van der Waals surface area contributed by atoms with Gasteiger partial charge in [0.1, 0.15) is 0 Å². The van der Waals surface area contributed by atoms with E-state index >= 15 is 0 Å². The lowest BCUT2D eigenvalue weighted by Gasteiger charge is -2.36. The Morgan fingerprint density at radius 1 is 1.40 bits per heavy atom. The van der Waals surface area contributed by atoms with Crippen molar-refractivity contribution in [2.24, 2.45) is 5.92 Å². The van der Waals surface area contributed by atoms with E-state index in [4.69, 9.17) is 9.47 Å². The van der Waals surface area contributed by atoms with Gasteiger partial charge in [-0.2, -0.15) is 0 Å². The van der Waals surface area contributed by atoms with Gasteiger partial charge in [0, 0.05) is 19.8 Å². The van der Waals surface area contributed by atoms with E-state index < -0.39 is 0 Å². The van der Waals surface area contributed by atoms with Crippen molar-refractivity contribution in [3.63, 3.8) is 0 Å². The van der Waals surface area contributed by atoms with Crippen LogP contribution in [0.15, 0.2) is 24.3 Å². The molecule has 0 spiro atoms. The molecule has 0 bridgehead atoms. The monoisotopic (exact) mass is 277 g/mol. The van der Waals surface area contributed by atoms with Gasteiger partial charge in [0.2, 0.25) is 0 Å². The van der Waals surface area contributed by atoms with Crippen molar-refractivity contribution >= 4 is 0 Å². The minimum Gasteiger partial charge on any atom is -0.385 e. The Labute approximate surface area is 122 Å². The lowest BCUT2D eigenvalue weighted by Crippen LogP contribution is -2.43. The summed E-state index contributed by atoms with van der Waals surface area (Å²) in [5.74, 6) is 0.519. The third-order valence-electron chi connectivity index (χ3n) is 4.19. The standard InChI is InChI=1S/C17H27NO2/c1-4-18-16(13(2)9-11-19-3)17-15-8-6-5-7-14(15)10-12-20-17/h5-8,13,16-18H,4,9-12H2,1-3H3. The molecule has 0 fully saturated rings. The summed E-state index contributed by atoms with van der Waals surface area (Å²) in [4.78, 5) is 0. The molecule has 1 aromatic rings. The van der Waals surface area contributed by atoms with Crippen LogP contribution in [0.4, 0.5) is 0 Å². The van der Waals surface area contributed by atoms with E-state index in [1.165, 1.54) is 11.1 Å². The third kappa shape index (κ3) is 3.60. The highest BCUT2D eigenvalue weighted by Crippen LogP contribution is 2.33. The van der Waals surface area contributed by atoms with Gasteiger partial charge in [0.25, 0.3) is 0 Å². The molecular weight excluding hydrogens is 250 g/mol. The molecular formula is C17H27NO2. The average Bonchev–Trinajstić information content (AvgIpc) is 2.50. The first kappa shape index (κ1) is 15.5. The number of rotatable bonds is 7. The summed E-state index contributed by atoms with van der Waals surface area (Å²) in [5.41, 5.74) is 2.79. The highest BCUT2D eigenvalue weighted by Gasteiger charge is 2.31. The average molecular weight is 277 g/mol. The molecule has 1 aromatic carbocycles. The fourth-order valence-electron chi connectivity index (χ4n) is 3.05. The van der Waals surface area contributed by atoms with Crippen molar-refractivity contribution < 1.29 is 9.47 Å². The number of benzene rings is 1. The van der Waals surface area contributed by atoms with Gasteiger partial charge in [0.15, 0.2) is 0 Å². The smallest absolute Gasteiger partial charge is 0.0983 e. The molecule has 0 saturated carbocycles. The van der Waals surface area contributed by atoms with E-state index in [1.807, 2.05) is 0 Å². The zero-order valence-electron chi connectivity index (χ0n) is 12.9. The molecule has 0 radical (unpaired) electrons. The number of methoxy groups -OCH3 is 1. The highest BCUT2D eigenvalue weighted by molar-refractivity contribution is 5.32. The summed E-state index contributed by atoms with van der Waals surface area (Å²) in [6, 6.07) is 9.03. The van der Waals surface area contributed by atoms with Crippen LogP contribution in [0.2, 0.25) is 0 Å². The van der Waals surface area contributed by atoms with Gasteiger partial charge in [-0.25, -0.2) is 0 Å². The normalized spacial score (nSPS) is 21.2. The molecule has 3 nitrogen and oxygen atoms in total. The molecule has 3 heteroatoms. The predicted molar refractivity (Wildman–Crippen MR) is 82.0 cm³/mol. The molecule has 1 heterocycles. The van der Waals surface area contributed by atoms with E-state index in [2.05, 4.69) is 43.4 Å². The summed E-state index contributed by atoms with van der Waals surface area (Å²) in [5, 5.41) is 3.62. The SMILES string of the molecule is CCNC(C(C)CCOC)C1OCCc2ccccc21. The maximum absolute atomic E-state index is 6.12. The Morgan fingerprint density at radius 2 is 2.20 bits per heavy atom. The summed E-state index contributed by atoms with van der Waals surface area (Å²) < 4.78 is 11.3. The van der Waals surface area contributed by atoms with Crippen molar-refractivity contribution in [2.75, 3.05) is 26.9 Å². The van der Waals surface area contributed by atoms with Gasteiger partial charge in [-0.05, 0) is 36.4 Å². The second-order valence-electron chi connectivity index (χ2n) is 5.58. The molecule has 1 aliphatic heterocycles. The summed E-state index contributed by atoms with van der Waals surface area (Å²) in [7, 11) is 1.77. The molecule has 20 heavy (non-hydrogen) atoms. The Balaban J connectivity index is 2.17. The molecule has 0 aromatic heterocycles. The Hall–Kier alpha value is -0.900. The fourth-order valence-corrected chi connectivity index (χ4v) is 3.05. The van der Waals surface area contributed by atoms with Crippen molar-refractivity contribution in [1.29, 1.82) is 0 Å². The van der Waals surface area contributed by atoms with Crippen LogP contribution in [0.5, 0.6) is 0 Å². The number of hydrogen-bond acceptors (Lipinski definition) is 3. The zero-order valence-corrected chi connectivity index (χ0v) is 12.9. The largest absolute Gasteiger partial charge is 0.385 e. The van der Waals surface area contributed by atoms with Crippen LogP contribution in [-0.2, 0) is 15.9 Å². The first-order valence-corrected chi connectivity index (χ1v) is 7.69. The third-order valence-corrected chi connectivity index (χ3v) is 4.19. The number of hydrogen-bond donors (Lipinski definition) is 1. The van der Waals surface area contributed by atoms with Crippen LogP contribution in [0.3, 0.4) is 0 Å². The molecule has 3 unspecified atom stereocenters. The number of likely N-dealkylation sites (N-methyl/N-ethyl adjacent to an activating group) is 1. The van der Waals surface area contributed by atoms with Crippen LogP contribution in [0, 0.1) is 5.92 Å². The topological polar surface area (TPSA) is 30.5 Å². The number of ether oxygens (including phenoxy) is 2. The van der Waals surface area contributed by atoms with E-state index in [0.717, 1.165) is 32.6 Å². The van der Waals surface area contributed by atoms with Gasteiger partial charge in [-0.1, -0.05) is 38.1 Å². The van der Waals surface area contributed by atoms with Gasteiger partial charge in [-0.3, -0.25) is 0 Å². The lowest BCUT2D eigenvalue weighted by atomic mass is 9.86. The summed E-state index contributed by atoms with van der Waals surface area (Å²) in [6.07, 6.45) is 2.24. The van der Waals surface area contributed by atoms with Crippen molar-refractivity contribution in [3.8, 4) is 0 Å². The van der Waals surface area contributed by atoms with E-state index in [9.17, 15) is 0 Å². The summed E-state index contributed by atoms with van der Waals surface area (Å²) >= 11 is 0. The molecule has 0 amide bonds. The maximum Gasteiger partial charge on any atom is 0.0983 e. The molecule has 0 aliphatic carbocycles. The fraction of sp³-hybridized carbons (Fsp3) is 0.647. The molecule has 1 N–H and O–H groups in total. The first-order chi connectivity index (χ1) is 9.77. The van der Waals surface area contributed by atoms with Crippen molar-refractivity contribution in [3.05, 3.63) is 35.4 Å². The van der Waals surface area contributed by atoms with Crippen LogP contribution >= 0.6 is 0 Å². The minimum atomic E-state index is 0.159. The molecule has 2 rings (SSSR count). The maximum atomic E-state index is 6.12. The second-order valence-corrected chi connectivity index (χ2v) is 5.58. The molecule has 112 valence electrons. The zero-order chi connectivity index (χ0) is 14.4. The number of nitrogens with one attached hydrogen (secondary N) is 1. The molecule has 0 saturated heterocycles. The molecule has 3 atom stereocenters. The second kappa shape index (κ2) is 7.77. The summed E-state index contributed by atoms with van der Waals surface area (Å²) in [6.45, 7) is 7.03. The van der Waals surface area contributed by atoms with E-state index in [0.29, 0.717) is 12.0 Å². The van der Waals surface area contributed by atoms with Crippen LogP contribution < -0.4 is 5.32 Å². The van der Waals surface area contributed by atoms with Crippen LogP contribution in [0.25, 0.3) is 0 Å². The molecule has 1 aliphatic rings. The Bertz CT molecular complexity index is 408. The Morgan fingerprint density at radius 3 is 2.95 bits per heavy atom. The first-order valence-electron chi connectivity index (χ1n) is 7.69. The van der Waals surface area contributed by atoms with Crippen molar-refractivity contribution in [1.82, 2.24) is 5.32 Å². The lowest BCUT2D eigenvalue weighted by molar-refractivity contribution is -0.00160. The van der Waals surface area contributed by atoms with Crippen molar-refractivity contribution in [2.45, 2.75) is 38.8 Å². The number of fused-ring (bicyclic) bond motifs is 1. The van der Waals surface area contributed by atoms with Crippen LogP contribution in [-0.4, -0.2) is 32.9 Å². The van der Waals surface area contributed by atoms with E-state index in [1.54, 1.807) is 7.11 Å².